The number of carbonyl (C=O) groups excluding carboxylic acids is 1. The Morgan fingerprint density at radius 1 is 1.26 bits per heavy atom. The molecular formula is C19H20F5N3O3S. The van der Waals surface area contributed by atoms with E-state index in [2.05, 4.69) is 5.32 Å². The smallest absolute Gasteiger partial charge is 0.336 e. The highest BCUT2D eigenvalue weighted by molar-refractivity contribution is 7.91. The van der Waals surface area contributed by atoms with Crippen molar-refractivity contribution in [3.8, 4) is 6.07 Å². The maximum atomic E-state index is 14.1. The van der Waals surface area contributed by atoms with Gasteiger partial charge in [0.15, 0.2) is 9.84 Å². The van der Waals surface area contributed by atoms with Crippen LogP contribution in [-0.4, -0.2) is 43.6 Å². The molecule has 2 saturated carbocycles. The van der Waals surface area contributed by atoms with Crippen LogP contribution in [0, 0.1) is 28.9 Å². The van der Waals surface area contributed by atoms with Crippen LogP contribution < -0.4 is 10.6 Å². The first kappa shape index (κ1) is 23.4. The Morgan fingerprint density at radius 3 is 2.39 bits per heavy atom. The third kappa shape index (κ3) is 6.13. The Kier molecular flexibility index (Phi) is 6.30. The average molecular weight is 465 g/mol. The summed E-state index contributed by atoms with van der Waals surface area (Å²) in [6.07, 6.45) is -3.21. The number of alkyl halides is 3. The lowest BCUT2D eigenvalue weighted by molar-refractivity contribution is -0.161. The first-order chi connectivity index (χ1) is 14.3. The van der Waals surface area contributed by atoms with Gasteiger partial charge in [0.05, 0.1) is 17.6 Å². The number of nitriles is 1. The van der Waals surface area contributed by atoms with Crippen molar-refractivity contribution < 1.29 is 35.2 Å². The van der Waals surface area contributed by atoms with E-state index in [1.807, 2.05) is 11.4 Å². The molecule has 170 valence electrons. The van der Waals surface area contributed by atoms with Crippen molar-refractivity contribution in [2.75, 3.05) is 11.5 Å². The summed E-state index contributed by atoms with van der Waals surface area (Å²) in [5, 5.41) is 13.3. The van der Waals surface area contributed by atoms with E-state index in [0.717, 1.165) is 0 Å². The standard InChI is InChI=1S/C19H20F5N3O3S/c20-12-3-4-13(14(21)7-12)16(19(22,23)24)26-15(9-31(29,30)8-11-1-2-11)17(28)27-18(10-25)5-6-18/h3-4,7,11,15-16,26H,1-2,5-6,8-9H2,(H,27,28). The van der Waals surface area contributed by atoms with Gasteiger partial charge in [-0.25, -0.2) is 17.2 Å². The number of carbonyl (C=O) groups is 1. The molecule has 1 amide bonds. The van der Waals surface area contributed by atoms with Crippen LogP contribution in [0.3, 0.4) is 0 Å². The van der Waals surface area contributed by atoms with E-state index in [1.54, 1.807) is 0 Å². The fraction of sp³-hybridized carbons (Fsp3) is 0.579. The third-order valence-corrected chi connectivity index (χ3v) is 7.04. The van der Waals surface area contributed by atoms with Crippen molar-refractivity contribution in [2.24, 2.45) is 5.92 Å². The van der Waals surface area contributed by atoms with Gasteiger partial charge in [-0.1, -0.05) is 6.07 Å². The molecule has 0 radical (unpaired) electrons. The molecule has 31 heavy (non-hydrogen) atoms. The zero-order valence-electron chi connectivity index (χ0n) is 16.2. The molecule has 2 aliphatic carbocycles. The average Bonchev–Trinajstić information content (AvgIpc) is 3.56. The van der Waals surface area contributed by atoms with E-state index in [1.165, 1.54) is 0 Å². The zero-order chi connectivity index (χ0) is 23.0. The first-order valence-electron chi connectivity index (χ1n) is 9.55. The van der Waals surface area contributed by atoms with Crippen molar-refractivity contribution in [3.05, 3.63) is 35.4 Å². The molecular weight excluding hydrogens is 445 g/mol. The summed E-state index contributed by atoms with van der Waals surface area (Å²) in [6, 6.07) is -1.34. The first-order valence-corrected chi connectivity index (χ1v) is 11.4. The summed E-state index contributed by atoms with van der Waals surface area (Å²) in [7, 11) is -3.92. The molecule has 1 aromatic rings. The predicted molar refractivity (Wildman–Crippen MR) is 99.2 cm³/mol. The minimum absolute atomic E-state index is 0.101. The minimum Gasteiger partial charge on any atom is -0.336 e. The number of sulfone groups is 1. The summed E-state index contributed by atoms with van der Waals surface area (Å²) < 4.78 is 93.3. The van der Waals surface area contributed by atoms with Gasteiger partial charge in [-0.15, -0.1) is 0 Å². The third-order valence-electron chi connectivity index (χ3n) is 5.22. The summed E-state index contributed by atoms with van der Waals surface area (Å²) in [5.74, 6) is -5.01. The number of nitrogens with one attached hydrogen (secondary N) is 2. The fourth-order valence-corrected chi connectivity index (χ4v) is 5.12. The quantitative estimate of drug-likeness (QED) is 0.546. The Morgan fingerprint density at radius 2 is 1.90 bits per heavy atom. The van der Waals surface area contributed by atoms with Crippen LogP contribution in [0.1, 0.15) is 37.3 Å². The molecule has 2 atom stereocenters. The van der Waals surface area contributed by atoms with Crippen LogP contribution in [0.25, 0.3) is 0 Å². The van der Waals surface area contributed by atoms with Crippen molar-refractivity contribution >= 4 is 15.7 Å². The zero-order valence-corrected chi connectivity index (χ0v) is 17.0. The van der Waals surface area contributed by atoms with Gasteiger partial charge in [0.25, 0.3) is 0 Å². The topological polar surface area (TPSA) is 99.1 Å². The van der Waals surface area contributed by atoms with Gasteiger partial charge < -0.3 is 5.32 Å². The molecule has 0 saturated heterocycles. The molecule has 12 heteroatoms. The van der Waals surface area contributed by atoms with E-state index in [0.29, 0.717) is 25.0 Å². The number of hydrogen-bond acceptors (Lipinski definition) is 5. The van der Waals surface area contributed by atoms with Gasteiger partial charge in [0.2, 0.25) is 5.91 Å². The Bertz CT molecular complexity index is 998. The monoisotopic (exact) mass is 465 g/mol. The molecule has 0 aromatic heterocycles. The van der Waals surface area contributed by atoms with E-state index < -0.39 is 62.5 Å². The van der Waals surface area contributed by atoms with Crippen LogP contribution in [-0.2, 0) is 14.6 Å². The lowest BCUT2D eigenvalue weighted by Gasteiger charge is -2.28. The molecule has 2 fully saturated rings. The van der Waals surface area contributed by atoms with E-state index in [4.69, 9.17) is 5.26 Å². The van der Waals surface area contributed by atoms with Gasteiger partial charge in [0.1, 0.15) is 29.3 Å². The molecule has 3 rings (SSSR count). The van der Waals surface area contributed by atoms with Crippen LogP contribution >= 0.6 is 0 Å². The largest absolute Gasteiger partial charge is 0.408 e. The Hall–Kier alpha value is -2.26. The predicted octanol–water partition coefficient (Wildman–Crippen LogP) is 2.52. The maximum absolute atomic E-state index is 14.1. The van der Waals surface area contributed by atoms with E-state index in [-0.39, 0.29) is 30.6 Å². The van der Waals surface area contributed by atoms with Gasteiger partial charge in [-0.05, 0) is 37.7 Å². The molecule has 0 aliphatic heterocycles. The number of hydrogen-bond donors (Lipinski definition) is 2. The molecule has 6 nitrogen and oxygen atoms in total. The van der Waals surface area contributed by atoms with Crippen LogP contribution in [0.4, 0.5) is 22.0 Å². The summed E-state index contributed by atoms with van der Waals surface area (Å²) in [5.41, 5.74) is -2.22. The highest BCUT2D eigenvalue weighted by atomic mass is 32.2. The van der Waals surface area contributed by atoms with Crippen LogP contribution in [0.15, 0.2) is 18.2 Å². The minimum atomic E-state index is -5.12. The van der Waals surface area contributed by atoms with E-state index in [9.17, 15) is 35.2 Å². The number of rotatable bonds is 9. The lowest BCUT2D eigenvalue weighted by atomic mass is 10.0. The van der Waals surface area contributed by atoms with Gasteiger partial charge in [0, 0.05) is 11.6 Å². The normalized spacial score (nSPS) is 19.9. The fourth-order valence-electron chi connectivity index (χ4n) is 3.18. The summed E-state index contributed by atoms with van der Waals surface area (Å²) in [6.45, 7) is 0. The molecule has 2 N–H and O–H groups in total. The van der Waals surface area contributed by atoms with Crippen molar-refractivity contribution in [2.45, 2.75) is 49.5 Å². The SMILES string of the molecule is N#CC1(NC(=O)C(CS(=O)(=O)CC2CC2)NC(c2ccc(F)cc2F)C(F)(F)F)CC1. The number of amides is 1. The lowest BCUT2D eigenvalue weighted by Crippen LogP contribution is -2.54. The van der Waals surface area contributed by atoms with Crippen molar-refractivity contribution in [1.82, 2.24) is 10.6 Å². The maximum Gasteiger partial charge on any atom is 0.408 e. The van der Waals surface area contributed by atoms with Crippen molar-refractivity contribution in [1.29, 1.82) is 5.26 Å². The van der Waals surface area contributed by atoms with Gasteiger partial charge in [-0.3, -0.25) is 10.1 Å². The van der Waals surface area contributed by atoms with Gasteiger partial charge in [-0.2, -0.15) is 18.4 Å². The molecule has 2 aliphatic rings. The molecule has 1 aromatic carbocycles. The second-order valence-corrected chi connectivity index (χ2v) is 10.2. The summed E-state index contributed by atoms with van der Waals surface area (Å²) in [4.78, 5) is 12.7. The highest BCUT2D eigenvalue weighted by Crippen LogP contribution is 2.37. The number of benzene rings is 1. The molecule has 0 bridgehead atoms. The van der Waals surface area contributed by atoms with Crippen LogP contribution in [0.5, 0.6) is 0 Å². The van der Waals surface area contributed by atoms with Gasteiger partial charge >= 0.3 is 6.18 Å². The number of halogens is 5. The summed E-state index contributed by atoms with van der Waals surface area (Å²) >= 11 is 0. The second-order valence-electron chi connectivity index (χ2n) is 8.06. The molecule has 2 unspecified atom stereocenters. The Balaban J connectivity index is 1.89. The highest BCUT2D eigenvalue weighted by Gasteiger charge is 2.48. The van der Waals surface area contributed by atoms with E-state index >= 15 is 0 Å². The second kappa shape index (κ2) is 8.35. The molecule has 0 spiro atoms. The Labute approximate surface area is 175 Å². The van der Waals surface area contributed by atoms with Crippen molar-refractivity contribution in [3.63, 3.8) is 0 Å². The molecule has 0 heterocycles. The number of nitrogens with zero attached hydrogens (tertiary/aromatic N) is 1. The van der Waals surface area contributed by atoms with Crippen LogP contribution in [0.2, 0.25) is 0 Å².